The zero-order chi connectivity index (χ0) is 19.1. The Bertz CT molecular complexity index is 864. The average molecular weight is 378 g/mol. The van der Waals surface area contributed by atoms with Gasteiger partial charge in [0.15, 0.2) is 0 Å². The number of halogens is 1. The fourth-order valence-electron chi connectivity index (χ4n) is 5.61. The van der Waals surface area contributed by atoms with Crippen LogP contribution in [0.25, 0.3) is 0 Å². The van der Waals surface area contributed by atoms with Crippen molar-refractivity contribution in [2.75, 3.05) is 13.1 Å². The van der Waals surface area contributed by atoms with Gasteiger partial charge in [-0.25, -0.2) is 4.39 Å². The van der Waals surface area contributed by atoms with Crippen LogP contribution in [0.15, 0.2) is 48.5 Å². The number of carbonyl (C=O) groups excluding carboxylic acids is 1. The normalized spacial score (nSPS) is 28.8. The maximum atomic E-state index is 13.5. The van der Waals surface area contributed by atoms with Crippen LogP contribution in [0.4, 0.5) is 4.39 Å². The second kappa shape index (κ2) is 7.00. The molecule has 3 nitrogen and oxygen atoms in total. The monoisotopic (exact) mass is 378 g/mol. The van der Waals surface area contributed by atoms with Crippen LogP contribution >= 0.6 is 0 Å². The van der Waals surface area contributed by atoms with Crippen molar-refractivity contribution in [2.45, 2.75) is 50.1 Å². The van der Waals surface area contributed by atoms with Gasteiger partial charge in [-0.3, -0.25) is 4.79 Å². The summed E-state index contributed by atoms with van der Waals surface area (Å²) in [5.74, 6) is 0.486. The lowest BCUT2D eigenvalue weighted by Crippen LogP contribution is -2.52. The number of amides is 1. The fourth-order valence-corrected chi connectivity index (χ4v) is 5.61. The Balaban J connectivity index is 1.38. The van der Waals surface area contributed by atoms with E-state index in [1.807, 2.05) is 23.1 Å². The molecular weight excluding hydrogens is 351 g/mol. The maximum Gasteiger partial charge on any atom is 0.223 e. The van der Waals surface area contributed by atoms with Gasteiger partial charge in [-0.05, 0) is 73.4 Å². The zero-order valence-electron chi connectivity index (χ0n) is 16.2. The number of nitrogens with zero attached hydrogens (tertiary/aromatic N) is 1. The number of benzene rings is 2. The van der Waals surface area contributed by atoms with Crippen LogP contribution in [0.3, 0.4) is 0 Å². The molecule has 0 unspecified atom stereocenters. The molecule has 1 saturated heterocycles. The summed E-state index contributed by atoms with van der Waals surface area (Å²) in [5.41, 5.74) is 3.79. The van der Waals surface area contributed by atoms with Gasteiger partial charge in [0.25, 0.3) is 0 Å². The van der Waals surface area contributed by atoms with Crippen LogP contribution in [0, 0.1) is 11.7 Å². The van der Waals surface area contributed by atoms with E-state index in [0.29, 0.717) is 17.9 Å². The molecule has 3 aliphatic rings. The summed E-state index contributed by atoms with van der Waals surface area (Å²) in [4.78, 5) is 15.3. The van der Waals surface area contributed by atoms with E-state index in [2.05, 4.69) is 23.5 Å². The van der Waals surface area contributed by atoms with Gasteiger partial charge in [0.1, 0.15) is 5.82 Å². The number of nitrogens with one attached hydrogen (secondary N) is 1. The molecule has 146 valence electrons. The summed E-state index contributed by atoms with van der Waals surface area (Å²) in [5, 5.41) is 3.64. The Hall–Kier alpha value is -2.20. The van der Waals surface area contributed by atoms with Crippen molar-refractivity contribution in [1.82, 2.24) is 10.2 Å². The van der Waals surface area contributed by atoms with E-state index in [0.717, 1.165) is 37.9 Å². The van der Waals surface area contributed by atoms with Crippen LogP contribution in [-0.2, 0) is 11.2 Å². The first-order valence-corrected chi connectivity index (χ1v) is 10.5. The third kappa shape index (κ3) is 3.14. The number of rotatable bonds is 3. The molecule has 2 aromatic rings. The fraction of sp³-hybridized carbons (Fsp3) is 0.458. The molecule has 2 aromatic carbocycles. The van der Waals surface area contributed by atoms with Crippen molar-refractivity contribution in [1.29, 1.82) is 0 Å². The summed E-state index contributed by atoms with van der Waals surface area (Å²) < 4.78 is 13.5. The quantitative estimate of drug-likeness (QED) is 0.867. The van der Waals surface area contributed by atoms with Crippen molar-refractivity contribution in [2.24, 2.45) is 5.92 Å². The predicted molar refractivity (Wildman–Crippen MR) is 107 cm³/mol. The molecule has 1 aliphatic carbocycles. The zero-order valence-corrected chi connectivity index (χ0v) is 16.2. The van der Waals surface area contributed by atoms with Crippen molar-refractivity contribution in [3.05, 3.63) is 71.0 Å². The minimum atomic E-state index is -0.241. The summed E-state index contributed by atoms with van der Waals surface area (Å²) in [6.45, 7) is 1.85. The first kappa shape index (κ1) is 17.9. The standard InChI is InChI=1S/C24H27FN2O/c25-20-8-6-19(7-9-20)23-21-5-2-1-4-18(21)10-13-27(23)22(28)14-17-15-24(16-17)11-3-12-26-24/h1-2,4-9,17,23,26H,3,10-16H2/t17?,23-,24?/m0/s1. The molecule has 0 bridgehead atoms. The second-order valence-electron chi connectivity index (χ2n) is 8.78. The SMILES string of the molecule is O=C(CC1CC2(CCCN2)C1)N1CCc2ccccc2[C@@H]1c1ccc(F)cc1. The lowest BCUT2D eigenvalue weighted by molar-refractivity contribution is -0.135. The van der Waals surface area contributed by atoms with Crippen LogP contribution in [0.1, 0.15) is 54.8 Å². The number of carbonyl (C=O) groups is 1. The molecule has 1 amide bonds. The molecule has 2 fully saturated rings. The van der Waals surface area contributed by atoms with Crippen molar-refractivity contribution in [3.63, 3.8) is 0 Å². The van der Waals surface area contributed by atoms with Crippen molar-refractivity contribution < 1.29 is 9.18 Å². The lowest BCUT2D eigenvalue weighted by atomic mass is 9.66. The van der Waals surface area contributed by atoms with E-state index in [4.69, 9.17) is 0 Å². The van der Waals surface area contributed by atoms with Crippen LogP contribution in [0.2, 0.25) is 0 Å². The van der Waals surface area contributed by atoms with E-state index >= 15 is 0 Å². The van der Waals surface area contributed by atoms with Gasteiger partial charge in [0.05, 0.1) is 6.04 Å². The smallest absolute Gasteiger partial charge is 0.223 e. The first-order valence-electron chi connectivity index (χ1n) is 10.5. The molecular formula is C24H27FN2O. The van der Waals surface area contributed by atoms with Gasteiger partial charge in [0, 0.05) is 18.5 Å². The highest BCUT2D eigenvalue weighted by Gasteiger charge is 2.46. The summed E-state index contributed by atoms with van der Waals surface area (Å²) in [6.07, 6.45) is 6.29. The number of hydrogen-bond acceptors (Lipinski definition) is 2. The summed E-state index contributed by atoms with van der Waals surface area (Å²) >= 11 is 0. The van der Waals surface area contributed by atoms with E-state index in [-0.39, 0.29) is 17.8 Å². The third-order valence-corrected chi connectivity index (χ3v) is 6.94. The largest absolute Gasteiger partial charge is 0.331 e. The summed E-state index contributed by atoms with van der Waals surface area (Å²) in [6, 6.07) is 14.9. The average Bonchev–Trinajstić information content (AvgIpc) is 3.17. The van der Waals surface area contributed by atoms with Gasteiger partial charge in [-0.2, -0.15) is 0 Å². The van der Waals surface area contributed by atoms with Gasteiger partial charge in [-0.15, -0.1) is 0 Å². The Labute approximate surface area is 165 Å². The Kier molecular flexibility index (Phi) is 4.47. The van der Waals surface area contributed by atoms with Crippen molar-refractivity contribution >= 4 is 5.91 Å². The van der Waals surface area contributed by atoms with E-state index in [9.17, 15) is 9.18 Å². The number of fused-ring (bicyclic) bond motifs is 1. The highest BCUT2D eigenvalue weighted by atomic mass is 19.1. The number of hydrogen-bond donors (Lipinski definition) is 1. The molecule has 0 radical (unpaired) electrons. The second-order valence-corrected chi connectivity index (χ2v) is 8.78. The maximum absolute atomic E-state index is 13.5. The molecule has 4 heteroatoms. The molecule has 1 saturated carbocycles. The predicted octanol–water partition coefficient (Wildman–Crippen LogP) is 4.22. The minimum Gasteiger partial charge on any atom is -0.331 e. The minimum absolute atomic E-state index is 0.114. The Morgan fingerprint density at radius 3 is 2.68 bits per heavy atom. The molecule has 1 spiro atoms. The molecule has 5 rings (SSSR count). The topological polar surface area (TPSA) is 32.3 Å². The molecule has 2 aliphatic heterocycles. The van der Waals surface area contributed by atoms with Gasteiger partial charge in [0.2, 0.25) is 5.91 Å². The lowest BCUT2D eigenvalue weighted by Gasteiger charge is -2.46. The highest BCUT2D eigenvalue weighted by molar-refractivity contribution is 5.78. The molecule has 28 heavy (non-hydrogen) atoms. The molecule has 0 aromatic heterocycles. The Morgan fingerprint density at radius 2 is 1.93 bits per heavy atom. The molecule has 2 heterocycles. The van der Waals surface area contributed by atoms with Gasteiger partial charge < -0.3 is 10.2 Å². The van der Waals surface area contributed by atoms with Crippen LogP contribution in [0.5, 0.6) is 0 Å². The third-order valence-electron chi connectivity index (χ3n) is 6.94. The van der Waals surface area contributed by atoms with E-state index in [1.54, 1.807) is 0 Å². The molecule has 1 N–H and O–H groups in total. The van der Waals surface area contributed by atoms with Gasteiger partial charge in [-0.1, -0.05) is 36.4 Å². The Morgan fingerprint density at radius 1 is 1.14 bits per heavy atom. The van der Waals surface area contributed by atoms with Crippen LogP contribution < -0.4 is 5.32 Å². The molecule has 1 atom stereocenters. The van der Waals surface area contributed by atoms with Crippen molar-refractivity contribution in [3.8, 4) is 0 Å². The van der Waals surface area contributed by atoms with Gasteiger partial charge >= 0.3 is 0 Å². The van der Waals surface area contributed by atoms with Crippen LogP contribution in [-0.4, -0.2) is 29.4 Å². The highest BCUT2D eigenvalue weighted by Crippen LogP contribution is 2.46. The van der Waals surface area contributed by atoms with E-state index in [1.165, 1.54) is 36.1 Å². The summed E-state index contributed by atoms with van der Waals surface area (Å²) in [7, 11) is 0. The first-order chi connectivity index (χ1) is 13.6. The van der Waals surface area contributed by atoms with E-state index < -0.39 is 0 Å².